The summed E-state index contributed by atoms with van der Waals surface area (Å²) in [7, 11) is 1.58. The molecule has 0 spiro atoms. The number of amides is 2. The van der Waals surface area contributed by atoms with Crippen molar-refractivity contribution in [3.63, 3.8) is 0 Å². The zero-order valence-electron chi connectivity index (χ0n) is 10.8. The highest BCUT2D eigenvalue weighted by Crippen LogP contribution is 2.27. The Morgan fingerprint density at radius 2 is 2.17 bits per heavy atom. The zero-order valence-corrected chi connectivity index (χ0v) is 12.3. The van der Waals surface area contributed by atoms with Crippen LogP contribution in [0, 0.1) is 0 Å². The first-order chi connectivity index (χ1) is 8.67. The van der Waals surface area contributed by atoms with E-state index in [9.17, 15) is 4.79 Å². The smallest absolute Gasteiger partial charge is 0.319 e. The molecule has 0 bridgehead atoms. The highest BCUT2D eigenvalue weighted by atomic mass is 79.9. The highest BCUT2D eigenvalue weighted by Gasteiger charge is 2.07. The van der Waals surface area contributed by atoms with Gasteiger partial charge in [-0.15, -0.1) is 0 Å². The number of benzene rings is 1. The lowest BCUT2D eigenvalue weighted by molar-refractivity contribution is 0.251. The van der Waals surface area contributed by atoms with E-state index in [1.807, 2.05) is 12.1 Å². The summed E-state index contributed by atoms with van der Waals surface area (Å²) in [6, 6.07) is 5.27. The highest BCUT2D eigenvalue weighted by molar-refractivity contribution is 9.10. The first-order valence-corrected chi connectivity index (χ1v) is 6.85. The van der Waals surface area contributed by atoms with Crippen molar-refractivity contribution in [3.05, 3.63) is 22.7 Å². The average molecular weight is 315 g/mol. The van der Waals surface area contributed by atoms with Gasteiger partial charge in [0.15, 0.2) is 0 Å². The Hall–Kier alpha value is -1.23. The Kier molecular flexibility index (Phi) is 6.57. The van der Waals surface area contributed by atoms with Gasteiger partial charge in [0.25, 0.3) is 0 Å². The Balaban J connectivity index is 2.50. The number of carbonyl (C=O) groups excluding carboxylic acids is 1. The standard InChI is InChI=1S/C13H19BrN2O2/c1-3-4-5-8-15-13(17)16-11-9-10(14)6-7-12(11)18-2/h6-7,9H,3-5,8H2,1-2H3,(H2,15,16,17). The van der Waals surface area contributed by atoms with Crippen LogP contribution in [0.3, 0.4) is 0 Å². The van der Waals surface area contributed by atoms with Gasteiger partial charge in [0.1, 0.15) is 5.75 Å². The number of halogens is 1. The lowest BCUT2D eigenvalue weighted by Crippen LogP contribution is -2.29. The van der Waals surface area contributed by atoms with E-state index in [1.165, 1.54) is 0 Å². The molecule has 0 fully saturated rings. The third-order valence-corrected chi connectivity index (χ3v) is 2.97. The Morgan fingerprint density at radius 3 is 2.83 bits per heavy atom. The topological polar surface area (TPSA) is 50.4 Å². The predicted octanol–water partition coefficient (Wildman–Crippen LogP) is 3.77. The molecule has 0 aromatic heterocycles. The Bertz CT molecular complexity index is 397. The van der Waals surface area contributed by atoms with Gasteiger partial charge in [0, 0.05) is 11.0 Å². The minimum absolute atomic E-state index is 0.206. The first kappa shape index (κ1) is 14.8. The van der Waals surface area contributed by atoms with Crippen molar-refractivity contribution in [3.8, 4) is 5.75 Å². The summed E-state index contributed by atoms with van der Waals surface area (Å²) < 4.78 is 6.07. The van der Waals surface area contributed by atoms with E-state index in [0.717, 1.165) is 23.7 Å². The van der Waals surface area contributed by atoms with Crippen LogP contribution in [0.25, 0.3) is 0 Å². The average Bonchev–Trinajstić information content (AvgIpc) is 2.35. The lowest BCUT2D eigenvalue weighted by atomic mass is 10.2. The first-order valence-electron chi connectivity index (χ1n) is 6.05. The molecule has 5 heteroatoms. The summed E-state index contributed by atoms with van der Waals surface area (Å²) in [5.41, 5.74) is 0.653. The van der Waals surface area contributed by atoms with Crippen molar-refractivity contribution < 1.29 is 9.53 Å². The second-order valence-electron chi connectivity index (χ2n) is 3.93. The second kappa shape index (κ2) is 7.97. The molecule has 0 aliphatic carbocycles. The Labute approximate surface area is 116 Å². The van der Waals surface area contributed by atoms with Gasteiger partial charge in [-0.05, 0) is 24.6 Å². The van der Waals surface area contributed by atoms with Crippen LogP contribution < -0.4 is 15.4 Å². The monoisotopic (exact) mass is 314 g/mol. The predicted molar refractivity (Wildman–Crippen MR) is 77.2 cm³/mol. The quantitative estimate of drug-likeness (QED) is 0.785. The van der Waals surface area contributed by atoms with Crippen LogP contribution >= 0.6 is 15.9 Å². The molecule has 1 aromatic carbocycles. The number of anilines is 1. The third kappa shape index (κ3) is 4.96. The van der Waals surface area contributed by atoms with Gasteiger partial charge in [-0.3, -0.25) is 0 Å². The van der Waals surface area contributed by atoms with E-state index in [0.29, 0.717) is 18.0 Å². The number of hydrogen-bond donors (Lipinski definition) is 2. The summed E-state index contributed by atoms with van der Waals surface area (Å²) in [5, 5.41) is 5.59. The normalized spacial score (nSPS) is 9.94. The van der Waals surface area contributed by atoms with Crippen LogP contribution in [-0.4, -0.2) is 19.7 Å². The third-order valence-electron chi connectivity index (χ3n) is 2.48. The minimum Gasteiger partial charge on any atom is -0.495 e. The van der Waals surface area contributed by atoms with E-state index in [-0.39, 0.29) is 6.03 Å². The number of hydrogen-bond acceptors (Lipinski definition) is 2. The maximum atomic E-state index is 11.7. The number of nitrogens with one attached hydrogen (secondary N) is 2. The van der Waals surface area contributed by atoms with Crippen molar-refractivity contribution in [1.29, 1.82) is 0 Å². The van der Waals surface area contributed by atoms with Gasteiger partial charge in [-0.2, -0.15) is 0 Å². The molecule has 0 aliphatic rings. The fourth-order valence-electron chi connectivity index (χ4n) is 1.52. The molecule has 0 saturated carbocycles. The molecular formula is C13H19BrN2O2. The summed E-state index contributed by atoms with van der Waals surface area (Å²) in [6.07, 6.45) is 3.27. The molecule has 0 saturated heterocycles. The molecule has 0 aliphatic heterocycles. The number of rotatable bonds is 6. The van der Waals surface area contributed by atoms with Crippen molar-refractivity contribution in [2.45, 2.75) is 26.2 Å². The van der Waals surface area contributed by atoms with E-state index >= 15 is 0 Å². The van der Waals surface area contributed by atoms with Gasteiger partial charge in [-0.25, -0.2) is 4.79 Å². The van der Waals surface area contributed by atoms with Crippen molar-refractivity contribution >= 4 is 27.6 Å². The largest absolute Gasteiger partial charge is 0.495 e. The molecule has 0 heterocycles. The van der Waals surface area contributed by atoms with Gasteiger partial charge >= 0.3 is 6.03 Å². The van der Waals surface area contributed by atoms with E-state index in [4.69, 9.17) is 4.74 Å². The zero-order chi connectivity index (χ0) is 13.4. The molecular weight excluding hydrogens is 296 g/mol. The summed E-state index contributed by atoms with van der Waals surface area (Å²) in [4.78, 5) is 11.7. The number of carbonyl (C=O) groups is 1. The minimum atomic E-state index is -0.206. The molecule has 0 unspecified atom stereocenters. The summed E-state index contributed by atoms with van der Waals surface area (Å²) in [6.45, 7) is 2.82. The van der Waals surface area contributed by atoms with Crippen molar-refractivity contribution in [1.82, 2.24) is 5.32 Å². The molecule has 4 nitrogen and oxygen atoms in total. The van der Waals surface area contributed by atoms with Crippen LogP contribution in [-0.2, 0) is 0 Å². The van der Waals surface area contributed by atoms with Crippen molar-refractivity contribution in [2.75, 3.05) is 19.0 Å². The number of methoxy groups -OCH3 is 1. The molecule has 1 rings (SSSR count). The van der Waals surface area contributed by atoms with E-state index in [1.54, 1.807) is 13.2 Å². The fraction of sp³-hybridized carbons (Fsp3) is 0.462. The maximum absolute atomic E-state index is 11.7. The number of unbranched alkanes of at least 4 members (excludes halogenated alkanes) is 2. The summed E-state index contributed by atoms with van der Waals surface area (Å²) >= 11 is 3.36. The van der Waals surface area contributed by atoms with Gasteiger partial charge < -0.3 is 15.4 Å². The lowest BCUT2D eigenvalue weighted by Gasteiger charge is -2.11. The molecule has 18 heavy (non-hydrogen) atoms. The van der Waals surface area contributed by atoms with Gasteiger partial charge in [-0.1, -0.05) is 35.7 Å². The number of ether oxygens (including phenoxy) is 1. The molecule has 2 N–H and O–H groups in total. The maximum Gasteiger partial charge on any atom is 0.319 e. The van der Waals surface area contributed by atoms with Gasteiger partial charge in [0.2, 0.25) is 0 Å². The fourth-order valence-corrected chi connectivity index (χ4v) is 1.88. The van der Waals surface area contributed by atoms with E-state index < -0.39 is 0 Å². The van der Waals surface area contributed by atoms with Crippen molar-refractivity contribution in [2.24, 2.45) is 0 Å². The second-order valence-corrected chi connectivity index (χ2v) is 4.85. The molecule has 0 radical (unpaired) electrons. The molecule has 2 amide bonds. The summed E-state index contributed by atoms with van der Waals surface area (Å²) in [5.74, 6) is 0.641. The molecule has 0 atom stereocenters. The van der Waals surface area contributed by atoms with E-state index in [2.05, 4.69) is 33.5 Å². The molecule has 1 aromatic rings. The van der Waals surface area contributed by atoms with Crippen LogP contribution in [0.5, 0.6) is 5.75 Å². The van der Waals surface area contributed by atoms with Crippen LogP contribution in [0.15, 0.2) is 22.7 Å². The SMILES string of the molecule is CCCCCNC(=O)Nc1cc(Br)ccc1OC. The molecule has 100 valence electrons. The number of urea groups is 1. The van der Waals surface area contributed by atoms with Crippen LogP contribution in [0.4, 0.5) is 10.5 Å². The Morgan fingerprint density at radius 1 is 1.39 bits per heavy atom. The van der Waals surface area contributed by atoms with Crippen LogP contribution in [0.2, 0.25) is 0 Å². The van der Waals surface area contributed by atoms with Crippen LogP contribution in [0.1, 0.15) is 26.2 Å². The van der Waals surface area contributed by atoms with Gasteiger partial charge in [0.05, 0.1) is 12.8 Å².